The summed E-state index contributed by atoms with van der Waals surface area (Å²) in [6, 6.07) is -0.190. The monoisotopic (exact) mass is 425 g/mol. The van der Waals surface area contributed by atoms with E-state index in [2.05, 4.69) is 17.0 Å². The minimum absolute atomic E-state index is 0.190. The van der Waals surface area contributed by atoms with Gasteiger partial charge in [-0.3, -0.25) is 9.58 Å². The molecule has 3 heterocycles. The number of hydrogen-bond acceptors (Lipinski definition) is 6. The van der Waals surface area contributed by atoms with E-state index in [1.54, 1.807) is 24.9 Å². The first-order valence-corrected chi connectivity index (χ1v) is 11.7. The number of carboxylic acid groups (broad SMARTS) is 1. The van der Waals surface area contributed by atoms with Gasteiger partial charge in [-0.2, -0.15) is 5.10 Å². The average molecular weight is 426 g/mol. The summed E-state index contributed by atoms with van der Waals surface area (Å²) in [7, 11) is -1.91. The molecule has 10 heteroatoms. The molecule has 1 aromatic rings. The van der Waals surface area contributed by atoms with E-state index in [1.807, 2.05) is 4.90 Å². The first-order chi connectivity index (χ1) is 13.8. The van der Waals surface area contributed by atoms with Gasteiger partial charge in [-0.25, -0.2) is 13.2 Å². The zero-order valence-corrected chi connectivity index (χ0v) is 17.9. The van der Waals surface area contributed by atoms with Crippen LogP contribution in [-0.4, -0.2) is 83.3 Å². The lowest BCUT2D eigenvalue weighted by Gasteiger charge is -2.43. The molecule has 0 spiro atoms. The lowest BCUT2D eigenvalue weighted by Crippen LogP contribution is -2.61. The topological polar surface area (TPSA) is 108 Å². The summed E-state index contributed by atoms with van der Waals surface area (Å²) >= 11 is 0. The molecule has 2 fully saturated rings. The Morgan fingerprint density at radius 2 is 2.03 bits per heavy atom. The lowest BCUT2D eigenvalue weighted by molar-refractivity contribution is 0.0898. The van der Waals surface area contributed by atoms with Crippen LogP contribution in [-0.2, 0) is 16.9 Å². The molecule has 0 aromatic carbocycles. The van der Waals surface area contributed by atoms with Gasteiger partial charge < -0.3 is 15.3 Å². The van der Waals surface area contributed by atoms with Gasteiger partial charge in [0.1, 0.15) is 10.6 Å². The summed E-state index contributed by atoms with van der Waals surface area (Å²) in [4.78, 5) is 14.5. The predicted molar refractivity (Wildman–Crippen MR) is 110 cm³/mol. The van der Waals surface area contributed by atoms with Gasteiger partial charge in [0.05, 0.1) is 5.69 Å². The van der Waals surface area contributed by atoms with Crippen LogP contribution >= 0.6 is 0 Å². The maximum atomic E-state index is 13.9. The molecule has 3 unspecified atom stereocenters. The van der Waals surface area contributed by atoms with Crippen LogP contribution in [0.1, 0.15) is 35.8 Å². The van der Waals surface area contributed by atoms with E-state index in [0.717, 1.165) is 25.8 Å². The Morgan fingerprint density at radius 3 is 2.52 bits per heavy atom. The molecule has 0 radical (unpaired) electrons. The Labute approximate surface area is 172 Å². The van der Waals surface area contributed by atoms with Crippen molar-refractivity contribution in [1.29, 1.82) is 0 Å². The third-order valence-electron chi connectivity index (χ3n) is 5.90. The zero-order chi connectivity index (χ0) is 21.2. The summed E-state index contributed by atoms with van der Waals surface area (Å²) in [5.74, 6) is 0. The number of aromatic nitrogens is 2. The molecule has 162 valence electrons. The van der Waals surface area contributed by atoms with Crippen molar-refractivity contribution in [1.82, 2.24) is 24.9 Å². The van der Waals surface area contributed by atoms with Crippen molar-refractivity contribution in [2.45, 2.75) is 42.9 Å². The minimum Gasteiger partial charge on any atom is -0.465 e. The van der Waals surface area contributed by atoms with Gasteiger partial charge in [-0.1, -0.05) is 12.5 Å². The number of aryl methyl sites for hydroxylation is 2. The number of hydrogen-bond donors (Lipinski definition) is 2. The van der Waals surface area contributed by atoms with Gasteiger partial charge in [0.15, 0.2) is 9.84 Å². The first-order valence-electron chi connectivity index (χ1n) is 10.1. The van der Waals surface area contributed by atoms with E-state index in [9.17, 15) is 18.3 Å². The lowest BCUT2D eigenvalue weighted by atomic mass is 10.0. The highest BCUT2D eigenvalue weighted by atomic mass is 32.2. The van der Waals surface area contributed by atoms with E-state index >= 15 is 0 Å². The molecule has 0 aliphatic carbocycles. The Kier molecular flexibility index (Phi) is 6.65. The van der Waals surface area contributed by atoms with Crippen molar-refractivity contribution in [3.8, 4) is 0 Å². The average Bonchev–Trinajstić information content (AvgIpc) is 3.01. The highest BCUT2D eigenvalue weighted by molar-refractivity contribution is 7.92. The maximum Gasteiger partial charge on any atom is 0.407 e. The van der Waals surface area contributed by atoms with Crippen molar-refractivity contribution in [3.63, 3.8) is 0 Å². The van der Waals surface area contributed by atoms with Crippen LogP contribution in [0.25, 0.3) is 0 Å². The summed E-state index contributed by atoms with van der Waals surface area (Å²) in [6.07, 6.45) is 5.05. The molecule has 9 nitrogen and oxygen atoms in total. The third kappa shape index (κ3) is 4.49. The van der Waals surface area contributed by atoms with Crippen molar-refractivity contribution in [3.05, 3.63) is 30.1 Å². The molecule has 2 aliphatic rings. The van der Waals surface area contributed by atoms with Gasteiger partial charge in [0.25, 0.3) is 0 Å². The molecule has 2 aliphatic heterocycles. The fourth-order valence-electron chi connectivity index (χ4n) is 4.47. The first kappa shape index (κ1) is 21.8. The quantitative estimate of drug-likeness (QED) is 0.658. The second-order valence-corrected chi connectivity index (χ2v) is 10.0. The number of nitrogens with one attached hydrogen (secondary N) is 1. The summed E-state index contributed by atoms with van der Waals surface area (Å²) < 4.78 is 29.5. The molecule has 3 rings (SSSR count). The molecule has 0 saturated carbocycles. The predicted octanol–water partition coefficient (Wildman–Crippen LogP) is 1.13. The van der Waals surface area contributed by atoms with Crippen molar-refractivity contribution < 1.29 is 18.3 Å². The highest BCUT2D eigenvalue weighted by Gasteiger charge is 2.44. The van der Waals surface area contributed by atoms with Gasteiger partial charge in [0.2, 0.25) is 0 Å². The number of piperazine rings is 1. The Hall–Kier alpha value is -1.91. The maximum absolute atomic E-state index is 13.9. The van der Waals surface area contributed by atoms with E-state index in [0.29, 0.717) is 37.4 Å². The number of carbonyl (C=O) groups is 1. The summed E-state index contributed by atoms with van der Waals surface area (Å²) in [5.41, 5.74) is 1.32. The van der Waals surface area contributed by atoms with E-state index in [-0.39, 0.29) is 6.04 Å². The van der Waals surface area contributed by atoms with Gasteiger partial charge >= 0.3 is 6.09 Å². The molecule has 29 heavy (non-hydrogen) atoms. The van der Waals surface area contributed by atoms with E-state index in [4.69, 9.17) is 0 Å². The van der Waals surface area contributed by atoms with E-state index < -0.39 is 26.6 Å². The largest absolute Gasteiger partial charge is 0.465 e. The fraction of sp³-hybridized carbons (Fsp3) is 0.684. The number of rotatable bonds is 6. The molecular formula is C19H31N5O4S. The van der Waals surface area contributed by atoms with E-state index in [1.165, 1.54) is 11.0 Å². The molecule has 2 N–H and O–H groups in total. The van der Waals surface area contributed by atoms with Gasteiger partial charge in [-0.15, -0.1) is 6.58 Å². The number of amides is 1. The molecule has 0 bridgehead atoms. The second kappa shape index (κ2) is 8.85. The second-order valence-electron chi connectivity index (χ2n) is 7.84. The zero-order valence-electron chi connectivity index (χ0n) is 17.1. The Bertz CT molecular complexity index is 839. The molecule has 2 saturated heterocycles. The smallest absolute Gasteiger partial charge is 0.407 e. The van der Waals surface area contributed by atoms with Crippen LogP contribution in [0.2, 0.25) is 0 Å². The van der Waals surface area contributed by atoms with Crippen LogP contribution in [0.15, 0.2) is 18.9 Å². The fourth-order valence-corrected chi connectivity index (χ4v) is 6.94. The molecule has 1 aromatic heterocycles. The number of piperidine rings is 1. The van der Waals surface area contributed by atoms with Crippen molar-refractivity contribution >= 4 is 15.9 Å². The van der Waals surface area contributed by atoms with Crippen LogP contribution in [0.4, 0.5) is 4.79 Å². The van der Waals surface area contributed by atoms with Crippen LogP contribution < -0.4 is 5.32 Å². The Morgan fingerprint density at radius 1 is 1.34 bits per heavy atom. The normalized spacial score (nSPS) is 23.5. The molecule has 1 amide bonds. The Balaban J connectivity index is 1.94. The third-order valence-corrected chi connectivity index (χ3v) is 8.35. The van der Waals surface area contributed by atoms with Gasteiger partial charge in [-0.05, 0) is 26.3 Å². The number of sulfone groups is 1. The van der Waals surface area contributed by atoms with Crippen LogP contribution in [0, 0.1) is 6.92 Å². The number of nitrogens with zero attached hydrogens (tertiary/aromatic N) is 4. The summed E-state index contributed by atoms with van der Waals surface area (Å²) in [5, 5.41) is 15.4. The summed E-state index contributed by atoms with van der Waals surface area (Å²) in [6.45, 7) is 7.81. The standard InChI is InChI=1S/C19H31N5O4S/c1-4-17(15-13-22(3)21-14(15)2)29(27,28)18(16-7-5-6-8-20-16)23-9-11-24(12-10-23)19(25)26/h4,13,16-18,20H,1,5-12H2,2-3H3,(H,25,26). The molecule has 3 atom stereocenters. The van der Waals surface area contributed by atoms with Crippen molar-refractivity contribution in [2.24, 2.45) is 7.05 Å². The molecular weight excluding hydrogens is 394 g/mol. The minimum atomic E-state index is -3.69. The van der Waals surface area contributed by atoms with Crippen LogP contribution in [0.5, 0.6) is 0 Å². The van der Waals surface area contributed by atoms with Crippen LogP contribution in [0.3, 0.4) is 0 Å². The van der Waals surface area contributed by atoms with Crippen molar-refractivity contribution in [2.75, 3.05) is 32.7 Å². The van der Waals surface area contributed by atoms with Gasteiger partial charge in [0, 0.05) is 51.0 Å². The SMILES string of the molecule is C=CC(c1cn(C)nc1C)S(=O)(=O)C(C1CCCCN1)N1CCN(C(=O)O)CC1. The highest BCUT2D eigenvalue weighted by Crippen LogP contribution is 2.33.